The third-order valence-corrected chi connectivity index (χ3v) is 3.93. The lowest BCUT2D eigenvalue weighted by molar-refractivity contribution is -0.117. The van der Waals surface area contributed by atoms with E-state index < -0.39 is 0 Å². The van der Waals surface area contributed by atoms with Gasteiger partial charge in [-0.1, -0.05) is 18.2 Å². The zero-order chi connectivity index (χ0) is 17.8. The largest absolute Gasteiger partial charge is 0.379 e. The maximum absolute atomic E-state index is 12.0. The summed E-state index contributed by atoms with van der Waals surface area (Å²) in [5.41, 5.74) is 1.80. The minimum Gasteiger partial charge on any atom is -0.379 e. The Labute approximate surface area is 149 Å². The molecule has 0 radical (unpaired) electrons. The fourth-order valence-electron chi connectivity index (χ4n) is 2.30. The van der Waals surface area contributed by atoms with Crippen LogP contribution in [-0.4, -0.2) is 51.6 Å². The third kappa shape index (κ3) is 6.77. The van der Waals surface area contributed by atoms with Crippen molar-refractivity contribution in [1.29, 1.82) is 0 Å². The SMILES string of the molecule is CCOCCOCC(CCl)c1ccccc1N(COCC)C(C)=O. The minimum atomic E-state index is -0.0681. The topological polar surface area (TPSA) is 48.0 Å². The first-order valence-electron chi connectivity index (χ1n) is 8.31. The number of carbonyl (C=O) groups excluding carboxylic acids is 1. The number of hydrogen-bond acceptors (Lipinski definition) is 4. The molecule has 1 unspecified atom stereocenters. The van der Waals surface area contributed by atoms with Crippen molar-refractivity contribution < 1.29 is 19.0 Å². The van der Waals surface area contributed by atoms with Crippen molar-refractivity contribution in [2.75, 3.05) is 50.5 Å². The Kier molecular flexibility index (Phi) is 10.7. The van der Waals surface area contributed by atoms with E-state index in [9.17, 15) is 4.79 Å². The van der Waals surface area contributed by atoms with Crippen LogP contribution in [0.2, 0.25) is 0 Å². The number of ether oxygens (including phenoxy) is 3. The smallest absolute Gasteiger partial charge is 0.225 e. The molecule has 1 amide bonds. The van der Waals surface area contributed by atoms with E-state index in [4.69, 9.17) is 25.8 Å². The number of nitrogens with zero attached hydrogens (tertiary/aromatic N) is 1. The molecule has 1 aromatic carbocycles. The first kappa shape index (κ1) is 20.9. The van der Waals surface area contributed by atoms with Crippen molar-refractivity contribution in [3.05, 3.63) is 29.8 Å². The molecule has 1 aromatic rings. The van der Waals surface area contributed by atoms with Crippen molar-refractivity contribution in [2.24, 2.45) is 0 Å². The second-order valence-corrected chi connectivity index (χ2v) is 5.56. The van der Waals surface area contributed by atoms with Gasteiger partial charge in [-0.3, -0.25) is 9.69 Å². The Hall–Kier alpha value is -1.14. The number of para-hydroxylation sites is 1. The van der Waals surface area contributed by atoms with E-state index in [-0.39, 0.29) is 18.6 Å². The Morgan fingerprint density at radius 2 is 1.79 bits per heavy atom. The summed E-state index contributed by atoms with van der Waals surface area (Å²) in [6.45, 7) is 8.41. The molecule has 0 N–H and O–H groups in total. The van der Waals surface area contributed by atoms with Crippen LogP contribution in [-0.2, 0) is 19.0 Å². The molecule has 6 heteroatoms. The molecule has 0 aliphatic heterocycles. The van der Waals surface area contributed by atoms with Gasteiger partial charge in [0.25, 0.3) is 0 Å². The van der Waals surface area contributed by atoms with Crippen LogP contribution < -0.4 is 4.90 Å². The number of benzene rings is 1. The van der Waals surface area contributed by atoms with E-state index in [0.29, 0.717) is 38.9 Å². The zero-order valence-electron chi connectivity index (χ0n) is 14.8. The fraction of sp³-hybridized carbons (Fsp3) is 0.611. The van der Waals surface area contributed by atoms with Crippen molar-refractivity contribution in [2.45, 2.75) is 26.7 Å². The summed E-state index contributed by atoms with van der Waals surface area (Å²) >= 11 is 6.16. The number of halogens is 1. The van der Waals surface area contributed by atoms with Crippen LogP contribution in [0.25, 0.3) is 0 Å². The van der Waals surface area contributed by atoms with Gasteiger partial charge in [0.2, 0.25) is 5.91 Å². The van der Waals surface area contributed by atoms with Crippen LogP contribution in [0.5, 0.6) is 0 Å². The molecule has 0 aliphatic rings. The van der Waals surface area contributed by atoms with Crippen molar-refractivity contribution in [3.63, 3.8) is 0 Å². The maximum atomic E-state index is 12.0. The summed E-state index contributed by atoms with van der Waals surface area (Å²) in [4.78, 5) is 13.6. The highest BCUT2D eigenvalue weighted by atomic mass is 35.5. The van der Waals surface area contributed by atoms with Crippen LogP contribution in [0.4, 0.5) is 5.69 Å². The van der Waals surface area contributed by atoms with Gasteiger partial charge in [0, 0.05) is 37.6 Å². The van der Waals surface area contributed by atoms with Crippen LogP contribution in [0.3, 0.4) is 0 Å². The lowest BCUT2D eigenvalue weighted by Gasteiger charge is -2.26. The zero-order valence-corrected chi connectivity index (χ0v) is 15.6. The third-order valence-electron chi connectivity index (χ3n) is 3.55. The summed E-state index contributed by atoms with van der Waals surface area (Å²) in [7, 11) is 0. The monoisotopic (exact) mass is 357 g/mol. The number of anilines is 1. The Morgan fingerprint density at radius 3 is 2.42 bits per heavy atom. The molecule has 0 aromatic heterocycles. The van der Waals surface area contributed by atoms with Crippen LogP contribution >= 0.6 is 11.6 Å². The second kappa shape index (κ2) is 12.3. The number of hydrogen-bond donors (Lipinski definition) is 0. The van der Waals surface area contributed by atoms with Crippen LogP contribution in [0, 0.1) is 0 Å². The van der Waals surface area contributed by atoms with E-state index in [1.807, 2.05) is 38.1 Å². The molecule has 0 aliphatic carbocycles. The van der Waals surface area contributed by atoms with Gasteiger partial charge < -0.3 is 14.2 Å². The quantitative estimate of drug-likeness (QED) is 0.327. The first-order chi connectivity index (χ1) is 11.7. The summed E-state index contributed by atoms with van der Waals surface area (Å²) in [5, 5.41) is 0. The van der Waals surface area contributed by atoms with E-state index in [1.165, 1.54) is 6.92 Å². The van der Waals surface area contributed by atoms with Gasteiger partial charge in [-0.15, -0.1) is 11.6 Å². The van der Waals surface area contributed by atoms with Gasteiger partial charge in [0.15, 0.2) is 0 Å². The van der Waals surface area contributed by atoms with Crippen molar-refractivity contribution in [1.82, 2.24) is 0 Å². The van der Waals surface area contributed by atoms with Gasteiger partial charge in [0.05, 0.1) is 19.8 Å². The van der Waals surface area contributed by atoms with E-state index in [0.717, 1.165) is 11.3 Å². The van der Waals surface area contributed by atoms with Crippen molar-refractivity contribution >= 4 is 23.2 Å². The van der Waals surface area contributed by atoms with E-state index >= 15 is 0 Å². The molecule has 0 saturated heterocycles. The predicted molar refractivity (Wildman–Crippen MR) is 96.9 cm³/mol. The average molecular weight is 358 g/mol. The van der Waals surface area contributed by atoms with Gasteiger partial charge >= 0.3 is 0 Å². The molecule has 136 valence electrons. The van der Waals surface area contributed by atoms with Crippen molar-refractivity contribution in [3.8, 4) is 0 Å². The average Bonchev–Trinajstić information content (AvgIpc) is 2.59. The summed E-state index contributed by atoms with van der Waals surface area (Å²) in [6.07, 6.45) is 0. The van der Waals surface area contributed by atoms with E-state index in [2.05, 4.69) is 0 Å². The Bertz CT molecular complexity index is 484. The molecule has 0 spiro atoms. The molecule has 0 heterocycles. The fourth-order valence-corrected chi connectivity index (χ4v) is 2.55. The first-order valence-corrected chi connectivity index (χ1v) is 8.85. The highest BCUT2D eigenvalue weighted by Crippen LogP contribution is 2.29. The second-order valence-electron chi connectivity index (χ2n) is 5.25. The van der Waals surface area contributed by atoms with Gasteiger partial charge in [0.1, 0.15) is 6.73 Å². The number of alkyl halides is 1. The summed E-state index contributed by atoms with van der Waals surface area (Å²) in [5.74, 6) is 0.334. The van der Waals surface area contributed by atoms with Gasteiger partial charge in [-0.2, -0.15) is 0 Å². The molecule has 0 bridgehead atoms. The molecular formula is C18H28ClNO4. The van der Waals surface area contributed by atoms with Gasteiger partial charge in [-0.25, -0.2) is 0 Å². The molecule has 1 rings (SSSR count). The number of amides is 1. The normalized spacial score (nSPS) is 12.2. The molecule has 1 atom stereocenters. The van der Waals surface area contributed by atoms with Crippen LogP contribution in [0.1, 0.15) is 32.3 Å². The van der Waals surface area contributed by atoms with E-state index in [1.54, 1.807) is 4.90 Å². The Balaban J connectivity index is 2.86. The maximum Gasteiger partial charge on any atom is 0.225 e. The van der Waals surface area contributed by atoms with Gasteiger partial charge in [-0.05, 0) is 25.5 Å². The summed E-state index contributed by atoms with van der Waals surface area (Å²) in [6, 6.07) is 7.74. The minimum absolute atomic E-state index is 0.00651. The number of carbonyl (C=O) groups is 1. The standard InChI is InChI=1S/C18H28ClNO4/c1-4-22-10-11-24-13-16(12-19)17-8-6-7-9-18(17)20(15(3)21)14-23-5-2/h6-9,16H,4-5,10-14H2,1-3H3. The molecule has 0 fully saturated rings. The summed E-state index contributed by atoms with van der Waals surface area (Å²) < 4.78 is 16.4. The molecule has 24 heavy (non-hydrogen) atoms. The van der Waals surface area contributed by atoms with Crippen LogP contribution in [0.15, 0.2) is 24.3 Å². The Morgan fingerprint density at radius 1 is 1.12 bits per heavy atom. The predicted octanol–water partition coefficient (Wildman–Crippen LogP) is 3.41. The lowest BCUT2D eigenvalue weighted by Crippen LogP contribution is -2.32. The lowest BCUT2D eigenvalue weighted by atomic mass is 9.99. The highest BCUT2D eigenvalue weighted by molar-refractivity contribution is 6.18. The molecular weight excluding hydrogens is 330 g/mol. The number of rotatable bonds is 12. The highest BCUT2D eigenvalue weighted by Gasteiger charge is 2.20. The molecule has 5 nitrogen and oxygen atoms in total. The molecule has 0 saturated carbocycles.